The van der Waals surface area contributed by atoms with Gasteiger partial charge in [0.1, 0.15) is 0 Å². The number of benzene rings is 2. The van der Waals surface area contributed by atoms with Crippen molar-refractivity contribution in [3.63, 3.8) is 0 Å². The maximum absolute atomic E-state index is 12.5. The minimum absolute atomic E-state index is 0.0674. The van der Waals surface area contributed by atoms with E-state index < -0.39 is 0 Å². The molecule has 2 aromatic rings. The number of anilines is 1. The smallest absolute Gasteiger partial charge is 0.253 e. The van der Waals surface area contributed by atoms with Gasteiger partial charge in [0.25, 0.3) is 5.91 Å². The second-order valence-electron chi connectivity index (χ2n) is 5.13. The lowest BCUT2D eigenvalue weighted by molar-refractivity contribution is -0.115. The van der Waals surface area contributed by atoms with E-state index in [4.69, 9.17) is 0 Å². The summed E-state index contributed by atoms with van der Waals surface area (Å²) in [4.78, 5) is 25.6. The minimum Gasteiger partial charge on any atom is -0.337 e. The number of nitrogens with one attached hydrogen (secondary N) is 1. The van der Waals surface area contributed by atoms with E-state index in [2.05, 4.69) is 5.32 Å². The molecule has 0 unspecified atom stereocenters. The number of amides is 2. The third-order valence-corrected chi connectivity index (χ3v) is 3.32. The van der Waals surface area contributed by atoms with Gasteiger partial charge in [-0.25, -0.2) is 0 Å². The summed E-state index contributed by atoms with van der Waals surface area (Å²) in [6, 6.07) is 16.8. The Balaban J connectivity index is 2.08. The first kappa shape index (κ1) is 15.8. The van der Waals surface area contributed by atoms with Crippen LogP contribution >= 0.6 is 0 Å². The first-order chi connectivity index (χ1) is 10.6. The molecule has 0 spiro atoms. The molecule has 0 bridgehead atoms. The molecule has 0 radical (unpaired) electrons. The lowest BCUT2D eigenvalue weighted by Crippen LogP contribution is -2.26. The average molecular weight is 296 g/mol. The van der Waals surface area contributed by atoms with Crippen LogP contribution in [0.1, 0.15) is 29.3 Å². The van der Waals surface area contributed by atoms with Crippen molar-refractivity contribution in [2.24, 2.45) is 0 Å². The number of rotatable bonds is 5. The van der Waals surface area contributed by atoms with Crippen molar-refractivity contribution < 1.29 is 9.59 Å². The van der Waals surface area contributed by atoms with E-state index in [1.165, 1.54) is 0 Å². The van der Waals surface area contributed by atoms with Gasteiger partial charge in [-0.2, -0.15) is 0 Å². The zero-order valence-electron chi connectivity index (χ0n) is 12.9. The molecule has 22 heavy (non-hydrogen) atoms. The van der Waals surface area contributed by atoms with Crippen molar-refractivity contribution in [3.8, 4) is 0 Å². The molecule has 2 aromatic carbocycles. The van der Waals surface area contributed by atoms with E-state index in [0.29, 0.717) is 24.2 Å². The molecule has 2 amide bonds. The SMILES string of the molecule is CCC(=O)Nc1cccc(C(=O)N(C)Cc2ccccc2)c1. The van der Waals surface area contributed by atoms with E-state index in [-0.39, 0.29) is 11.8 Å². The van der Waals surface area contributed by atoms with Crippen LogP contribution in [0.25, 0.3) is 0 Å². The van der Waals surface area contributed by atoms with Gasteiger partial charge in [-0.3, -0.25) is 9.59 Å². The van der Waals surface area contributed by atoms with Crippen LogP contribution in [-0.2, 0) is 11.3 Å². The van der Waals surface area contributed by atoms with Gasteiger partial charge >= 0.3 is 0 Å². The van der Waals surface area contributed by atoms with E-state index in [1.807, 2.05) is 30.3 Å². The Hall–Kier alpha value is -2.62. The normalized spacial score (nSPS) is 10.1. The number of carbonyl (C=O) groups is 2. The predicted molar refractivity (Wildman–Crippen MR) is 87.6 cm³/mol. The zero-order chi connectivity index (χ0) is 15.9. The maximum Gasteiger partial charge on any atom is 0.253 e. The van der Waals surface area contributed by atoms with Crippen LogP contribution in [0.2, 0.25) is 0 Å². The van der Waals surface area contributed by atoms with Gasteiger partial charge in [-0.05, 0) is 23.8 Å². The first-order valence-electron chi connectivity index (χ1n) is 7.29. The molecule has 0 heterocycles. The summed E-state index contributed by atoms with van der Waals surface area (Å²) < 4.78 is 0. The summed E-state index contributed by atoms with van der Waals surface area (Å²) in [7, 11) is 1.77. The molecule has 0 aromatic heterocycles. The Kier molecular flexibility index (Phi) is 5.31. The molecule has 0 fully saturated rings. The molecule has 0 aliphatic carbocycles. The highest BCUT2D eigenvalue weighted by molar-refractivity contribution is 5.97. The van der Waals surface area contributed by atoms with Crippen LogP contribution in [0, 0.1) is 0 Å². The molecule has 0 atom stereocenters. The van der Waals surface area contributed by atoms with Gasteiger partial charge in [0.15, 0.2) is 0 Å². The van der Waals surface area contributed by atoms with Crippen molar-refractivity contribution in [2.45, 2.75) is 19.9 Å². The third kappa shape index (κ3) is 4.19. The molecule has 0 saturated heterocycles. The summed E-state index contributed by atoms with van der Waals surface area (Å²) >= 11 is 0. The quantitative estimate of drug-likeness (QED) is 0.920. The van der Waals surface area contributed by atoms with Crippen molar-refractivity contribution >= 4 is 17.5 Å². The molecule has 4 nitrogen and oxygen atoms in total. The van der Waals surface area contributed by atoms with Gasteiger partial charge in [-0.1, -0.05) is 43.3 Å². The fourth-order valence-electron chi connectivity index (χ4n) is 2.13. The topological polar surface area (TPSA) is 49.4 Å². The number of nitrogens with zero attached hydrogens (tertiary/aromatic N) is 1. The molecule has 114 valence electrons. The standard InChI is InChI=1S/C18H20N2O2/c1-3-17(21)19-16-11-7-10-15(12-16)18(22)20(2)13-14-8-5-4-6-9-14/h4-12H,3,13H2,1-2H3,(H,19,21). The molecule has 0 aliphatic rings. The molecule has 2 rings (SSSR count). The van der Waals surface area contributed by atoms with Gasteiger partial charge in [0.2, 0.25) is 5.91 Å². The predicted octanol–water partition coefficient (Wildman–Crippen LogP) is 3.31. The highest BCUT2D eigenvalue weighted by Gasteiger charge is 2.12. The molecular weight excluding hydrogens is 276 g/mol. The van der Waals surface area contributed by atoms with Crippen molar-refractivity contribution in [1.82, 2.24) is 4.90 Å². The highest BCUT2D eigenvalue weighted by Crippen LogP contribution is 2.14. The molecule has 0 aliphatic heterocycles. The Bertz CT molecular complexity index is 653. The molecular formula is C18H20N2O2. The van der Waals surface area contributed by atoms with Crippen LogP contribution in [0.15, 0.2) is 54.6 Å². The van der Waals surface area contributed by atoms with E-state index >= 15 is 0 Å². The average Bonchev–Trinajstić information content (AvgIpc) is 2.55. The maximum atomic E-state index is 12.5. The van der Waals surface area contributed by atoms with E-state index in [9.17, 15) is 9.59 Å². The third-order valence-electron chi connectivity index (χ3n) is 3.32. The van der Waals surface area contributed by atoms with Gasteiger partial charge in [0.05, 0.1) is 0 Å². The van der Waals surface area contributed by atoms with Gasteiger partial charge in [0, 0.05) is 31.3 Å². The van der Waals surface area contributed by atoms with Crippen LogP contribution in [0.3, 0.4) is 0 Å². The van der Waals surface area contributed by atoms with Crippen LogP contribution in [-0.4, -0.2) is 23.8 Å². The van der Waals surface area contributed by atoms with E-state index in [1.54, 1.807) is 43.1 Å². The summed E-state index contributed by atoms with van der Waals surface area (Å²) in [6.45, 7) is 2.34. The lowest BCUT2D eigenvalue weighted by atomic mass is 10.1. The van der Waals surface area contributed by atoms with Crippen molar-refractivity contribution in [1.29, 1.82) is 0 Å². The van der Waals surface area contributed by atoms with Crippen molar-refractivity contribution in [3.05, 3.63) is 65.7 Å². The van der Waals surface area contributed by atoms with Gasteiger partial charge < -0.3 is 10.2 Å². The monoisotopic (exact) mass is 296 g/mol. The lowest BCUT2D eigenvalue weighted by Gasteiger charge is -2.18. The summed E-state index contributed by atoms with van der Waals surface area (Å²) in [5.74, 6) is -0.140. The summed E-state index contributed by atoms with van der Waals surface area (Å²) in [5.41, 5.74) is 2.28. The number of hydrogen-bond acceptors (Lipinski definition) is 2. The van der Waals surface area contributed by atoms with E-state index in [0.717, 1.165) is 5.56 Å². The fraction of sp³-hybridized carbons (Fsp3) is 0.222. The van der Waals surface area contributed by atoms with Crippen LogP contribution < -0.4 is 5.32 Å². The Morgan fingerprint density at radius 2 is 1.77 bits per heavy atom. The van der Waals surface area contributed by atoms with Crippen LogP contribution in [0.4, 0.5) is 5.69 Å². The Morgan fingerprint density at radius 1 is 1.05 bits per heavy atom. The molecule has 0 saturated carbocycles. The second kappa shape index (κ2) is 7.41. The number of carbonyl (C=O) groups excluding carboxylic acids is 2. The largest absolute Gasteiger partial charge is 0.337 e. The summed E-state index contributed by atoms with van der Waals surface area (Å²) in [6.07, 6.45) is 0.409. The fourth-order valence-corrected chi connectivity index (χ4v) is 2.13. The van der Waals surface area contributed by atoms with Gasteiger partial charge in [-0.15, -0.1) is 0 Å². The number of hydrogen-bond donors (Lipinski definition) is 1. The highest BCUT2D eigenvalue weighted by atomic mass is 16.2. The van der Waals surface area contributed by atoms with Crippen LogP contribution in [0.5, 0.6) is 0 Å². The van der Waals surface area contributed by atoms with Crippen molar-refractivity contribution in [2.75, 3.05) is 12.4 Å². The molecule has 4 heteroatoms. The second-order valence-corrected chi connectivity index (χ2v) is 5.13. The Labute approximate surface area is 130 Å². The Morgan fingerprint density at radius 3 is 2.45 bits per heavy atom. The summed E-state index contributed by atoms with van der Waals surface area (Å²) in [5, 5.41) is 2.77. The zero-order valence-corrected chi connectivity index (χ0v) is 12.9. The minimum atomic E-state index is -0.0727. The molecule has 1 N–H and O–H groups in total. The first-order valence-corrected chi connectivity index (χ1v) is 7.29.